The molecule has 0 bridgehead atoms. The molecule has 1 aromatic carbocycles. The first-order valence-electron chi connectivity index (χ1n) is 11.4. The van der Waals surface area contributed by atoms with E-state index in [1.54, 1.807) is 12.4 Å². The van der Waals surface area contributed by atoms with Gasteiger partial charge in [0.15, 0.2) is 0 Å². The number of rotatable bonds is 6. The fourth-order valence-corrected chi connectivity index (χ4v) is 4.09. The van der Waals surface area contributed by atoms with E-state index in [2.05, 4.69) is 37.2 Å². The Morgan fingerprint density at radius 1 is 1.21 bits per heavy atom. The zero-order chi connectivity index (χ0) is 23.9. The number of morpholine rings is 1. The van der Waals surface area contributed by atoms with E-state index in [-0.39, 0.29) is 18.1 Å². The summed E-state index contributed by atoms with van der Waals surface area (Å²) in [7, 11) is 0. The number of ether oxygens (including phenoxy) is 1. The molecule has 0 aliphatic carbocycles. The van der Waals surface area contributed by atoms with Gasteiger partial charge in [-0.3, -0.25) is 9.89 Å². The number of hydrogen-bond acceptors (Lipinski definition) is 5. The fraction of sp³-hybridized carbons (Fsp3) is 0.346. The third-order valence-electron chi connectivity index (χ3n) is 5.52. The zero-order valence-electron chi connectivity index (χ0n) is 19.3. The summed E-state index contributed by atoms with van der Waals surface area (Å²) in [6, 6.07) is 9.18. The predicted molar refractivity (Wildman–Crippen MR) is 133 cm³/mol. The van der Waals surface area contributed by atoms with E-state index in [0.29, 0.717) is 35.8 Å². The molecule has 1 unspecified atom stereocenters. The number of carbonyl (C=O) groups excluding carboxylic acids is 1. The minimum absolute atomic E-state index is 0.0841. The summed E-state index contributed by atoms with van der Waals surface area (Å²) in [6.07, 6.45) is 7.12. The number of H-pyrrole nitrogens is 1. The van der Waals surface area contributed by atoms with Crippen molar-refractivity contribution in [3.8, 4) is 11.8 Å². The topological polar surface area (TPSA) is 83.1 Å². The molecule has 1 fully saturated rings. The number of benzene rings is 1. The largest absolute Gasteiger partial charge is 0.372 e. The van der Waals surface area contributed by atoms with Crippen LogP contribution in [0.3, 0.4) is 0 Å². The third kappa shape index (κ3) is 6.37. The van der Waals surface area contributed by atoms with Crippen molar-refractivity contribution in [2.45, 2.75) is 38.9 Å². The number of nitrogens with one attached hydrogen (secondary N) is 2. The number of aryl methyl sites for hydroxylation is 1. The number of hydrogen-bond donors (Lipinski definition) is 2. The third-order valence-corrected chi connectivity index (χ3v) is 5.77. The van der Waals surface area contributed by atoms with Crippen molar-refractivity contribution in [3.63, 3.8) is 0 Å². The van der Waals surface area contributed by atoms with Crippen LogP contribution in [0.25, 0.3) is 0 Å². The van der Waals surface area contributed by atoms with E-state index < -0.39 is 0 Å². The highest BCUT2D eigenvalue weighted by atomic mass is 35.5. The number of aromatic amines is 1. The molecule has 2 atom stereocenters. The Bertz CT molecular complexity index is 1160. The summed E-state index contributed by atoms with van der Waals surface area (Å²) >= 11 is 5.99. The monoisotopic (exact) mass is 477 g/mol. The van der Waals surface area contributed by atoms with Crippen LogP contribution in [0.2, 0.25) is 5.02 Å². The van der Waals surface area contributed by atoms with Gasteiger partial charge in [0.05, 0.1) is 29.5 Å². The molecule has 0 spiro atoms. The summed E-state index contributed by atoms with van der Waals surface area (Å²) in [4.78, 5) is 19.6. The van der Waals surface area contributed by atoms with Crippen LogP contribution >= 0.6 is 11.6 Å². The van der Waals surface area contributed by atoms with E-state index in [4.69, 9.17) is 16.3 Å². The lowest BCUT2D eigenvalue weighted by molar-refractivity contribution is -0.00547. The van der Waals surface area contributed by atoms with Crippen LogP contribution in [0.15, 0.2) is 48.9 Å². The van der Waals surface area contributed by atoms with Gasteiger partial charge in [0.2, 0.25) is 0 Å². The highest BCUT2D eigenvalue weighted by molar-refractivity contribution is 6.30. The van der Waals surface area contributed by atoms with Crippen molar-refractivity contribution in [2.24, 2.45) is 0 Å². The molecule has 1 aliphatic heterocycles. The summed E-state index contributed by atoms with van der Waals surface area (Å²) in [6.45, 7) is 6.09. The first kappa shape index (κ1) is 23.8. The molecule has 1 amide bonds. The average molecular weight is 478 g/mol. The molecule has 176 valence electrons. The van der Waals surface area contributed by atoms with Gasteiger partial charge in [-0.15, -0.1) is 0 Å². The standard InChI is InChI=1S/C26H28ClN5O2/c1-18-16-32(17-19(2)34-18)25-22(8-5-20-6-9-24(27)10-7-20)12-23(15-29-25)26(33)28-11-3-4-21-13-30-31-14-21/h6-7,9-10,12-15,18-19H,3-4,11,16-17H2,1-2H3,(H,28,33)(H,30,31)/t18-,19?/m0/s1. The number of carbonyl (C=O) groups is 1. The number of pyridine rings is 1. The minimum Gasteiger partial charge on any atom is -0.372 e. The van der Waals surface area contributed by atoms with Crippen LogP contribution in [-0.2, 0) is 11.2 Å². The molecule has 2 N–H and O–H groups in total. The quantitative estimate of drug-likeness (QED) is 0.416. The Kier molecular flexibility index (Phi) is 7.84. The van der Waals surface area contributed by atoms with Crippen molar-refractivity contribution in [1.29, 1.82) is 0 Å². The van der Waals surface area contributed by atoms with Gasteiger partial charge in [0.1, 0.15) is 5.82 Å². The number of nitrogens with zero attached hydrogens (tertiary/aromatic N) is 3. The van der Waals surface area contributed by atoms with E-state index in [9.17, 15) is 4.79 Å². The van der Waals surface area contributed by atoms with Crippen molar-refractivity contribution in [3.05, 3.63) is 76.2 Å². The maximum absolute atomic E-state index is 12.8. The van der Waals surface area contributed by atoms with E-state index >= 15 is 0 Å². The summed E-state index contributed by atoms with van der Waals surface area (Å²) < 4.78 is 5.87. The highest BCUT2D eigenvalue weighted by Crippen LogP contribution is 2.23. The van der Waals surface area contributed by atoms with Gasteiger partial charge in [-0.1, -0.05) is 23.4 Å². The number of anilines is 1. The zero-order valence-corrected chi connectivity index (χ0v) is 20.1. The second-order valence-corrected chi connectivity index (χ2v) is 8.92. The SMILES string of the molecule is CC1CN(c2ncc(C(=O)NCCCc3cn[nH]c3)cc2C#Cc2ccc(Cl)cc2)C[C@H](C)O1. The minimum atomic E-state index is -0.162. The summed E-state index contributed by atoms with van der Waals surface area (Å²) in [5.41, 5.74) is 3.16. The Hall–Kier alpha value is -3.34. The average Bonchev–Trinajstić information content (AvgIpc) is 3.34. The summed E-state index contributed by atoms with van der Waals surface area (Å²) in [5, 5.41) is 10.4. The second kappa shape index (κ2) is 11.2. The smallest absolute Gasteiger partial charge is 0.252 e. The molecule has 4 rings (SSSR count). The lowest BCUT2D eigenvalue weighted by Gasteiger charge is -2.36. The van der Waals surface area contributed by atoms with Crippen LogP contribution in [0.4, 0.5) is 5.82 Å². The van der Waals surface area contributed by atoms with Crippen LogP contribution in [0.5, 0.6) is 0 Å². The van der Waals surface area contributed by atoms with Gasteiger partial charge in [-0.2, -0.15) is 5.10 Å². The highest BCUT2D eigenvalue weighted by Gasteiger charge is 2.25. The molecular formula is C26H28ClN5O2. The normalized spacial score (nSPS) is 17.7. The molecule has 7 nitrogen and oxygen atoms in total. The molecular weight excluding hydrogens is 450 g/mol. The lowest BCUT2D eigenvalue weighted by atomic mass is 10.1. The van der Waals surface area contributed by atoms with Gasteiger partial charge in [0.25, 0.3) is 5.91 Å². The maximum Gasteiger partial charge on any atom is 0.252 e. The lowest BCUT2D eigenvalue weighted by Crippen LogP contribution is -2.46. The van der Waals surface area contributed by atoms with Crippen molar-refractivity contribution >= 4 is 23.3 Å². The van der Waals surface area contributed by atoms with Gasteiger partial charge in [-0.05, 0) is 62.6 Å². The summed E-state index contributed by atoms with van der Waals surface area (Å²) in [5.74, 6) is 7.01. The predicted octanol–water partition coefficient (Wildman–Crippen LogP) is 3.83. The van der Waals surface area contributed by atoms with Gasteiger partial charge >= 0.3 is 0 Å². The molecule has 1 saturated heterocycles. The molecule has 34 heavy (non-hydrogen) atoms. The van der Waals surface area contributed by atoms with Gasteiger partial charge < -0.3 is 15.0 Å². The van der Waals surface area contributed by atoms with Crippen LogP contribution in [0.1, 0.15) is 47.3 Å². The molecule has 0 radical (unpaired) electrons. The molecule has 8 heteroatoms. The van der Waals surface area contributed by atoms with E-state index in [1.165, 1.54) is 0 Å². The van der Waals surface area contributed by atoms with Gasteiger partial charge in [-0.25, -0.2) is 4.98 Å². The Morgan fingerprint density at radius 2 is 1.97 bits per heavy atom. The fourth-order valence-electron chi connectivity index (χ4n) is 3.96. The van der Waals surface area contributed by atoms with Crippen molar-refractivity contribution < 1.29 is 9.53 Å². The van der Waals surface area contributed by atoms with E-state index in [0.717, 1.165) is 29.8 Å². The van der Waals surface area contributed by atoms with Crippen LogP contribution in [0, 0.1) is 11.8 Å². The first-order chi connectivity index (χ1) is 16.5. The number of amides is 1. The van der Waals surface area contributed by atoms with Crippen LogP contribution in [-0.4, -0.2) is 52.9 Å². The Balaban J connectivity index is 1.53. The molecule has 3 aromatic rings. The second-order valence-electron chi connectivity index (χ2n) is 8.48. The van der Waals surface area contributed by atoms with Crippen LogP contribution < -0.4 is 10.2 Å². The number of halogens is 1. The van der Waals surface area contributed by atoms with E-state index in [1.807, 2.05) is 50.4 Å². The van der Waals surface area contributed by atoms with Gasteiger partial charge in [0, 0.05) is 42.6 Å². The van der Waals surface area contributed by atoms with Crippen molar-refractivity contribution in [1.82, 2.24) is 20.5 Å². The Labute approximate surface area is 204 Å². The molecule has 1 aliphatic rings. The molecule has 3 heterocycles. The van der Waals surface area contributed by atoms with Crippen molar-refractivity contribution in [2.75, 3.05) is 24.5 Å². The molecule has 0 saturated carbocycles. The number of aromatic nitrogens is 3. The Morgan fingerprint density at radius 3 is 2.68 bits per heavy atom. The molecule has 2 aromatic heterocycles. The maximum atomic E-state index is 12.8. The first-order valence-corrected chi connectivity index (χ1v) is 11.8.